The number of benzene rings is 1. The molecule has 1 atom stereocenters. The first-order valence-corrected chi connectivity index (χ1v) is 7.86. The van der Waals surface area contributed by atoms with Gasteiger partial charge >= 0.3 is 0 Å². The maximum Gasteiger partial charge on any atom is 0.0597 e. The van der Waals surface area contributed by atoms with Crippen LogP contribution in [0.25, 0.3) is 0 Å². The average molecular weight is 281 g/mol. The van der Waals surface area contributed by atoms with Gasteiger partial charge in [-0.15, -0.1) is 0 Å². The molecule has 0 spiro atoms. The van der Waals surface area contributed by atoms with E-state index in [1.54, 1.807) is 0 Å². The highest BCUT2D eigenvalue weighted by molar-refractivity contribution is 5.66. The molecule has 110 valence electrons. The van der Waals surface area contributed by atoms with E-state index in [9.17, 15) is 0 Å². The van der Waals surface area contributed by atoms with Gasteiger partial charge in [0, 0.05) is 18.3 Å². The first kappa shape index (κ1) is 14.1. The van der Waals surface area contributed by atoms with Gasteiger partial charge < -0.3 is 10.6 Å². The molecule has 2 aromatic rings. The Balaban J connectivity index is 1.93. The molecule has 2 N–H and O–H groups in total. The number of rotatable bonds is 3. The lowest BCUT2D eigenvalue weighted by Gasteiger charge is -2.25. The van der Waals surface area contributed by atoms with E-state index < -0.39 is 0 Å². The lowest BCUT2D eigenvalue weighted by atomic mass is 10.1. The van der Waals surface area contributed by atoms with Crippen molar-refractivity contribution in [1.82, 2.24) is 4.98 Å². The van der Waals surface area contributed by atoms with E-state index in [4.69, 9.17) is 5.73 Å². The molecule has 1 unspecified atom stereocenters. The van der Waals surface area contributed by atoms with Gasteiger partial charge in [-0.05, 0) is 49.4 Å². The summed E-state index contributed by atoms with van der Waals surface area (Å²) in [5, 5.41) is 0. The fraction of sp³-hybridized carbons (Fsp3) is 0.389. The van der Waals surface area contributed by atoms with Crippen LogP contribution in [0.2, 0.25) is 0 Å². The summed E-state index contributed by atoms with van der Waals surface area (Å²) in [6, 6.07) is 13.0. The Kier molecular flexibility index (Phi) is 4.20. The third kappa shape index (κ3) is 2.93. The second kappa shape index (κ2) is 6.27. The highest BCUT2D eigenvalue weighted by Gasteiger charge is 2.16. The lowest BCUT2D eigenvalue weighted by Crippen LogP contribution is -2.18. The van der Waals surface area contributed by atoms with E-state index in [1.165, 1.54) is 30.5 Å². The SMILES string of the molecule is CCC(N)c1ccc(N2CCCCc3ccccc32)cn1. The zero-order valence-electron chi connectivity index (χ0n) is 12.6. The van der Waals surface area contributed by atoms with Gasteiger partial charge in [0.15, 0.2) is 0 Å². The fourth-order valence-corrected chi connectivity index (χ4v) is 2.95. The normalized spacial score (nSPS) is 16.2. The molecule has 3 nitrogen and oxygen atoms in total. The summed E-state index contributed by atoms with van der Waals surface area (Å²) in [6.07, 6.45) is 6.51. The molecule has 0 bridgehead atoms. The summed E-state index contributed by atoms with van der Waals surface area (Å²) in [5.74, 6) is 0. The number of aromatic nitrogens is 1. The molecule has 0 fully saturated rings. The number of hydrogen-bond acceptors (Lipinski definition) is 3. The van der Waals surface area contributed by atoms with E-state index in [0.29, 0.717) is 0 Å². The van der Waals surface area contributed by atoms with Crippen LogP contribution in [0.5, 0.6) is 0 Å². The number of pyridine rings is 1. The number of hydrogen-bond donors (Lipinski definition) is 1. The molecule has 3 rings (SSSR count). The smallest absolute Gasteiger partial charge is 0.0597 e. The Morgan fingerprint density at radius 3 is 2.81 bits per heavy atom. The molecule has 1 aromatic heterocycles. The van der Waals surface area contributed by atoms with E-state index in [-0.39, 0.29) is 6.04 Å². The molecule has 2 heterocycles. The minimum Gasteiger partial charge on any atom is -0.340 e. The Morgan fingerprint density at radius 1 is 1.19 bits per heavy atom. The summed E-state index contributed by atoms with van der Waals surface area (Å²) < 4.78 is 0. The first-order valence-electron chi connectivity index (χ1n) is 7.86. The molecule has 1 aliphatic rings. The topological polar surface area (TPSA) is 42.1 Å². The third-order valence-electron chi connectivity index (χ3n) is 4.26. The van der Waals surface area contributed by atoms with Crippen molar-refractivity contribution in [2.45, 2.75) is 38.6 Å². The van der Waals surface area contributed by atoms with Crippen molar-refractivity contribution in [2.24, 2.45) is 5.73 Å². The van der Waals surface area contributed by atoms with E-state index in [1.807, 2.05) is 6.20 Å². The van der Waals surface area contributed by atoms with Crippen LogP contribution in [0, 0.1) is 0 Å². The molecule has 0 saturated heterocycles. The van der Waals surface area contributed by atoms with E-state index in [2.05, 4.69) is 53.2 Å². The second-order valence-electron chi connectivity index (χ2n) is 5.69. The molecule has 1 aliphatic heterocycles. The van der Waals surface area contributed by atoms with Gasteiger partial charge in [-0.1, -0.05) is 25.1 Å². The van der Waals surface area contributed by atoms with Gasteiger partial charge in [-0.25, -0.2) is 0 Å². The maximum absolute atomic E-state index is 6.05. The maximum atomic E-state index is 6.05. The Morgan fingerprint density at radius 2 is 2.05 bits per heavy atom. The van der Waals surface area contributed by atoms with Gasteiger partial charge in [0.1, 0.15) is 0 Å². The molecule has 3 heteroatoms. The van der Waals surface area contributed by atoms with Crippen LogP contribution in [0.4, 0.5) is 11.4 Å². The van der Waals surface area contributed by atoms with Crippen LogP contribution in [0.1, 0.15) is 43.5 Å². The molecule has 21 heavy (non-hydrogen) atoms. The molecule has 0 radical (unpaired) electrons. The fourth-order valence-electron chi connectivity index (χ4n) is 2.95. The number of para-hydroxylation sites is 1. The molecular weight excluding hydrogens is 258 g/mol. The number of nitrogens with two attached hydrogens (primary N) is 1. The van der Waals surface area contributed by atoms with Gasteiger partial charge in [0.05, 0.1) is 17.6 Å². The van der Waals surface area contributed by atoms with E-state index >= 15 is 0 Å². The summed E-state index contributed by atoms with van der Waals surface area (Å²) >= 11 is 0. The van der Waals surface area contributed by atoms with Gasteiger partial charge in [-0.2, -0.15) is 0 Å². The first-order chi connectivity index (χ1) is 10.3. The predicted octanol–water partition coefficient (Wildman–Crippen LogP) is 3.97. The lowest BCUT2D eigenvalue weighted by molar-refractivity contribution is 0.675. The predicted molar refractivity (Wildman–Crippen MR) is 87.8 cm³/mol. The standard InChI is InChI=1S/C18H23N3/c1-2-16(19)17-11-10-15(13-20-17)21-12-6-5-8-14-7-3-4-9-18(14)21/h3-4,7,9-11,13,16H,2,5-6,8,12,19H2,1H3. The van der Waals surface area contributed by atoms with Crippen molar-refractivity contribution in [3.8, 4) is 0 Å². The number of anilines is 2. The van der Waals surface area contributed by atoms with Crippen molar-refractivity contribution in [3.05, 3.63) is 53.9 Å². The zero-order valence-corrected chi connectivity index (χ0v) is 12.6. The van der Waals surface area contributed by atoms with Crippen molar-refractivity contribution < 1.29 is 0 Å². The minimum atomic E-state index is 0.0375. The summed E-state index contributed by atoms with van der Waals surface area (Å²) in [6.45, 7) is 3.14. The van der Waals surface area contributed by atoms with Crippen LogP contribution >= 0.6 is 0 Å². The second-order valence-corrected chi connectivity index (χ2v) is 5.69. The average Bonchev–Trinajstić information content (AvgIpc) is 2.77. The summed E-state index contributed by atoms with van der Waals surface area (Å²) in [4.78, 5) is 6.95. The molecule has 0 amide bonds. The van der Waals surface area contributed by atoms with Crippen LogP contribution in [0.15, 0.2) is 42.6 Å². The third-order valence-corrected chi connectivity index (χ3v) is 4.26. The zero-order chi connectivity index (χ0) is 14.7. The number of nitrogens with zero attached hydrogens (tertiary/aromatic N) is 2. The van der Waals surface area contributed by atoms with Gasteiger partial charge in [0.25, 0.3) is 0 Å². The van der Waals surface area contributed by atoms with Crippen molar-refractivity contribution in [3.63, 3.8) is 0 Å². The van der Waals surface area contributed by atoms with Crippen molar-refractivity contribution in [2.75, 3.05) is 11.4 Å². The number of aryl methyl sites for hydroxylation is 1. The molecular formula is C18H23N3. The Labute approximate surface area is 126 Å². The van der Waals surface area contributed by atoms with Crippen molar-refractivity contribution >= 4 is 11.4 Å². The number of fused-ring (bicyclic) bond motifs is 1. The Bertz CT molecular complexity index is 592. The van der Waals surface area contributed by atoms with Crippen LogP contribution in [-0.4, -0.2) is 11.5 Å². The van der Waals surface area contributed by atoms with E-state index in [0.717, 1.165) is 24.3 Å². The van der Waals surface area contributed by atoms with Crippen LogP contribution in [-0.2, 0) is 6.42 Å². The minimum absolute atomic E-state index is 0.0375. The van der Waals surface area contributed by atoms with Gasteiger partial charge in [-0.3, -0.25) is 4.98 Å². The van der Waals surface area contributed by atoms with Crippen molar-refractivity contribution in [1.29, 1.82) is 0 Å². The van der Waals surface area contributed by atoms with Crippen LogP contribution < -0.4 is 10.6 Å². The monoisotopic (exact) mass is 281 g/mol. The summed E-state index contributed by atoms with van der Waals surface area (Å²) in [7, 11) is 0. The molecule has 0 aliphatic carbocycles. The molecule has 1 aromatic carbocycles. The highest BCUT2D eigenvalue weighted by Crippen LogP contribution is 2.32. The largest absolute Gasteiger partial charge is 0.340 e. The highest BCUT2D eigenvalue weighted by atomic mass is 15.1. The van der Waals surface area contributed by atoms with Gasteiger partial charge in [0.2, 0.25) is 0 Å². The van der Waals surface area contributed by atoms with Crippen LogP contribution in [0.3, 0.4) is 0 Å². The quantitative estimate of drug-likeness (QED) is 0.925. The summed E-state index contributed by atoms with van der Waals surface area (Å²) in [5.41, 5.74) is 10.9. The Hall–Kier alpha value is -1.87. The molecule has 0 saturated carbocycles.